The molecule has 368 valence electrons. The summed E-state index contributed by atoms with van der Waals surface area (Å²) in [5.41, 5.74) is 0. The molecular formula is C56H108O6. The number of carbonyl (C=O) groups is 3. The molecule has 0 fully saturated rings. The Hall–Kier alpha value is -1.59. The van der Waals surface area contributed by atoms with Crippen molar-refractivity contribution in [3.8, 4) is 0 Å². The van der Waals surface area contributed by atoms with Crippen molar-refractivity contribution >= 4 is 17.9 Å². The summed E-state index contributed by atoms with van der Waals surface area (Å²) in [6.07, 6.45) is 50.9. The standard InChI is InChI=1S/C56H108O6/c1-6-7-8-9-10-11-19-28-33-38-43-48-56(59)62-53(50-61-55(58)47-42-37-32-27-23-18-17-21-25-30-35-40-45-52(4)5)49-60-54(57)46-41-36-31-26-22-16-14-12-13-15-20-24-29-34-39-44-51(2)3/h51-53H,6-50H2,1-5H3/t53-/m1/s1. The Bertz CT molecular complexity index is 947. The van der Waals surface area contributed by atoms with Gasteiger partial charge in [0.2, 0.25) is 0 Å². The average molecular weight is 877 g/mol. The molecule has 1 atom stereocenters. The maximum absolute atomic E-state index is 12.8. The monoisotopic (exact) mass is 877 g/mol. The van der Waals surface area contributed by atoms with Gasteiger partial charge in [-0.05, 0) is 31.1 Å². The number of rotatable bonds is 50. The van der Waals surface area contributed by atoms with Gasteiger partial charge >= 0.3 is 17.9 Å². The molecule has 0 heterocycles. The first kappa shape index (κ1) is 60.4. The molecule has 0 aromatic carbocycles. The third-order valence-electron chi connectivity index (χ3n) is 12.7. The van der Waals surface area contributed by atoms with Crippen LogP contribution < -0.4 is 0 Å². The fourth-order valence-corrected chi connectivity index (χ4v) is 8.52. The fraction of sp³-hybridized carbons (Fsp3) is 0.946. The second-order valence-electron chi connectivity index (χ2n) is 20.2. The highest BCUT2D eigenvalue weighted by molar-refractivity contribution is 5.71. The van der Waals surface area contributed by atoms with Crippen LogP contribution in [-0.2, 0) is 28.6 Å². The molecule has 0 rings (SSSR count). The van der Waals surface area contributed by atoms with E-state index in [1.807, 2.05) is 0 Å². The van der Waals surface area contributed by atoms with E-state index in [1.54, 1.807) is 0 Å². The average Bonchev–Trinajstić information content (AvgIpc) is 3.24. The molecule has 0 spiro atoms. The molecule has 0 saturated heterocycles. The third kappa shape index (κ3) is 49.4. The lowest BCUT2D eigenvalue weighted by molar-refractivity contribution is -0.167. The Labute approximate surface area is 387 Å². The predicted octanol–water partition coefficient (Wildman–Crippen LogP) is 18.1. The summed E-state index contributed by atoms with van der Waals surface area (Å²) in [4.78, 5) is 38.0. The van der Waals surface area contributed by atoms with E-state index in [9.17, 15) is 14.4 Å². The Morgan fingerprint density at radius 1 is 0.306 bits per heavy atom. The van der Waals surface area contributed by atoms with Crippen LogP contribution in [0.25, 0.3) is 0 Å². The van der Waals surface area contributed by atoms with Crippen LogP contribution in [0.15, 0.2) is 0 Å². The summed E-state index contributed by atoms with van der Waals surface area (Å²) >= 11 is 0. The maximum atomic E-state index is 12.8. The van der Waals surface area contributed by atoms with Gasteiger partial charge in [-0.1, -0.05) is 272 Å². The van der Waals surface area contributed by atoms with Crippen LogP contribution in [0.3, 0.4) is 0 Å². The van der Waals surface area contributed by atoms with Crippen LogP contribution in [0.5, 0.6) is 0 Å². The summed E-state index contributed by atoms with van der Waals surface area (Å²) < 4.78 is 16.8. The molecule has 0 aliphatic heterocycles. The van der Waals surface area contributed by atoms with Gasteiger partial charge in [-0.25, -0.2) is 0 Å². The van der Waals surface area contributed by atoms with Crippen molar-refractivity contribution in [1.29, 1.82) is 0 Å². The van der Waals surface area contributed by atoms with Crippen molar-refractivity contribution in [1.82, 2.24) is 0 Å². The van der Waals surface area contributed by atoms with E-state index in [4.69, 9.17) is 14.2 Å². The predicted molar refractivity (Wildman–Crippen MR) is 266 cm³/mol. The zero-order valence-electron chi connectivity index (χ0n) is 42.5. The number of unbranched alkanes of at least 4 members (excludes halogenated alkanes) is 35. The molecule has 0 unspecified atom stereocenters. The van der Waals surface area contributed by atoms with Crippen LogP contribution in [-0.4, -0.2) is 37.2 Å². The summed E-state index contributed by atoms with van der Waals surface area (Å²) in [5.74, 6) is 0.840. The molecule has 0 amide bonds. The lowest BCUT2D eigenvalue weighted by Crippen LogP contribution is -2.30. The van der Waals surface area contributed by atoms with Crippen molar-refractivity contribution in [2.45, 2.75) is 317 Å². The van der Waals surface area contributed by atoms with Crippen molar-refractivity contribution in [2.24, 2.45) is 11.8 Å². The molecular weight excluding hydrogens is 769 g/mol. The van der Waals surface area contributed by atoms with E-state index in [0.717, 1.165) is 69.6 Å². The summed E-state index contributed by atoms with van der Waals surface area (Å²) in [5, 5.41) is 0. The molecule has 0 radical (unpaired) electrons. The Morgan fingerprint density at radius 3 is 0.790 bits per heavy atom. The minimum atomic E-state index is -0.761. The molecule has 0 aromatic heterocycles. The van der Waals surface area contributed by atoms with Gasteiger partial charge in [0, 0.05) is 19.3 Å². The van der Waals surface area contributed by atoms with Gasteiger partial charge < -0.3 is 14.2 Å². The number of ether oxygens (including phenoxy) is 3. The quantitative estimate of drug-likeness (QED) is 0.0344. The fourth-order valence-electron chi connectivity index (χ4n) is 8.52. The van der Waals surface area contributed by atoms with Crippen molar-refractivity contribution < 1.29 is 28.6 Å². The Balaban J connectivity index is 4.25. The molecule has 6 nitrogen and oxygen atoms in total. The van der Waals surface area contributed by atoms with E-state index >= 15 is 0 Å². The molecule has 0 aliphatic rings. The largest absolute Gasteiger partial charge is 0.462 e. The second kappa shape index (κ2) is 48.9. The number of hydrogen-bond acceptors (Lipinski definition) is 6. The Morgan fingerprint density at radius 2 is 0.532 bits per heavy atom. The van der Waals surface area contributed by atoms with E-state index in [2.05, 4.69) is 34.6 Å². The van der Waals surface area contributed by atoms with E-state index < -0.39 is 6.10 Å². The molecule has 0 aliphatic carbocycles. The van der Waals surface area contributed by atoms with Crippen LogP contribution in [0, 0.1) is 11.8 Å². The minimum Gasteiger partial charge on any atom is -0.462 e. The molecule has 0 bridgehead atoms. The van der Waals surface area contributed by atoms with Gasteiger partial charge in [-0.15, -0.1) is 0 Å². The summed E-state index contributed by atoms with van der Waals surface area (Å²) in [6, 6.07) is 0. The minimum absolute atomic E-state index is 0.0630. The first-order valence-corrected chi connectivity index (χ1v) is 27.7. The van der Waals surface area contributed by atoms with E-state index in [0.29, 0.717) is 19.3 Å². The third-order valence-corrected chi connectivity index (χ3v) is 12.7. The van der Waals surface area contributed by atoms with Gasteiger partial charge in [0.15, 0.2) is 6.10 Å². The zero-order valence-corrected chi connectivity index (χ0v) is 42.5. The van der Waals surface area contributed by atoms with Gasteiger partial charge in [0.05, 0.1) is 0 Å². The van der Waals surface area contributed by atoms with Gasteiger partial charge in [-0.2, -0.15) is 0 Å². The number of carbonyl (C=O) groups excluding carboxylic acids is 3. The lowest BCUT2D eigenvalue weighted by atomic mass is 10.0. The highest BCUT2D eigenvalue weighted by atomic mass is 16.6. The van der Waals surface area contributed by atoms with Gasteiger partial charge in [-0.3, -0.25) is 14.4 Å². The molecule has 0 N–H and O–H groups in total. The van der Waals surface area contributed by atoms with Crippen LogP contribution >= 0.6 is 0 Å². The van der Waals surface area contributed by atoms with Gasteiger partial charge in [0.1, 0.15) is 13.2 Å². The van der Waals surface area contributed by atoms with E-state index in [1.165, 1.54) is 199 Å². The highest BCUT2D eigenvalue weighted by Crippen LogP contribution is 2.18. The first-order chi connectivity index (χ1) is 30.2. The van der Waals surface area contributed by atoms with Crippen LogP contribution in [0.1, 0.15) is 311 Å². The SMILES string of the molecule is CCCCCCCCCCCCCC(=O)O[C@H](COC(=O)CCCCCCCCCCCCCCCCCC(C)C)COC(=O)CCCCCCCCCCCCCCC(C)C. The van der Waals surface area contributed by atoms with E-state index in [-0.39, 0.29) is 31.1 Å². The highest BCUT2D eigenvalue weighted by Gasteiger charge is 2.19. The zero-order chi connectivity index (χ0) is 45.4. The number of esters is 3. The maximum Gasteiger partial charge on any atom is 0.306 e. The van der Waals surface area contributed by atoms with Crippen molar-refractivity contribution in [2.75, 3.05) is 13.2 Å². The normalized spacial score (nSPS) is 12.0. The van der Waals surface area contributed by atoms with Gasteiger partial charge in [0.25, 0.3) is 0 Å². The number of hydrogen-bond donors (Lipinski definition) is 0. The van der Waals surface area contributed by atoms with Crippen LogP contribution in [0.4, 0.5) is 0 Å². The first-order valence-electron chi connectivity index (χ1n) is 27.7. The molecule has 62 heavy (non-hydrogen) atoms. The lowest BCUT2D eigenvalue weighted by Gasteiger charge is -2.18. The summed E-state index contributed by atoms with van der Waals surface area (Å²) in [7, 11) is 0. The van der Waals surface area contributed by atoms with Crippen molar-refractivity contribution in [3.05, 3.63) is 0 Å². The molecule has 0 saturated carbocycles. The van der Waals surface area contributed by atoms with Crippen molar-refractivity contribution in [3.63, 3.8) is 0 Å². The Kier molecular flexibility index (Phi) is 47.6. The molecule has 6 heteroatoms. The molecule has 0 aromatic rings. The topological polar surface area (TPSA) is 78.9 Å². The summed E-state index contributed by atoms with van der Waals surface area (Å²) in [6.45, 7) is 11.4. The second-order valence-corrected chi connectivity index (χ2v) is 20.2. The smallest absolute Gasteiger partial charge is 0.306 e. The van der Waals surface area contributed by atoms with Crippen LogP contribution in [0.2, 0.25) is 0 Å².